The Morgan fingerprint density at radius 1 is 0.588 bits per heavy atom. The van der Waals surface area contributed by atoms with Gasteiger partial charge in [-0.1, -0.05) is 97.1 Å². The number of allylic oxidation sites excluding steroid dienone is 4. The number of ether oxygens (including phenoxy) is 2. The van der Waals surface area contributed by atoms with Gasteiger partial charge in [0.1, 0.15) is 0 Å². The van der Waals surface area contributed by atoms with Crippen LogP contribution in [0.1, 0.15) is 25.0 Å². The molecule has 0 amide bonds. The van der Waals surface area contributed by atoms with E-state index < -0.39 is 23.9 Å². The summed E-state index contributed by atoms with van der Waals surface area (Å²) in [7, 11) is 0. The fraction of sp³-hybridized carbons (Fsp3) is 0.0714. The van der Waals surface area contributed by atoms with E-state index in [0.717, 1.165) is 23.3 Å². The van der Waals surface area contributed by atoms with Crippen molar-refractivity contribution in [1.82, 2.24) is 0 Å². The summed E-state index contributed by atoms with van der Waals surface area (Å²) in [4.78, 5) is 47.4. The molecule has 6 nitrogen and oxygen atoms in total. The molecule has 0 spiro atoms. The van der Waals surface area contributed by atoms with Crippen LogP contribution in [0.25, 0.3) is 12.2 Å². The molecule has 0 saturated heterocycles. The number of carbonyl (C=O) groups excluding carboxylic acids is 4. The van der Waals surface area contributed by atoms with E-state index in [1.807, 2.05) is 60.7 Å². The second-order valence-electron chi connectivity index (χ2n) is 6.99. The van der Waals surface area contributed by atoms with Crippen molar-refractivity contribution in [3.8, 4) is 0 Å². The fourth-order valence-electron chi connectivity index (χ4n) is 2.42. The normalized spacial score (nSPS) is 12.3. The standard InChI is InChI=1S/C28H24O6/c1-21(11-9-17-23-13-5-3-6-14-23)27(31)33-25(29)19-20-26(30)34-28(32)22(2)12-10-18-24-15-7-4-8-16-24/h3-20H,1-2H3/b17-9?,18-10?,20-19-,21-11?,22-12?. The molecule has 0 heterocycles. The zero-order valence-corrected chi connectivity index (χ0v) is 18.8. The zero-order valence-electron chi connectivity index (χ0n) is 18.8. The van der Waals surface area contributed by atoms with E-state index in [-0.39, 0.29) is 11.1 Å². The van der Waals surface area contributed by atoms with Crippen LogP contribution in [0.2, 0.25) is 0 Å². The minimum Gasteiger partial charge on any atom is -0.386 e. The van der Waals surface area contributed by atoms with Crippen LogP contribution in [-0.2, 0) is 28.7 Å². The molecule has 0 unspecified atom stereocenters. The Morgan fingerprint density at radius 2 is 0.941 bits per heavy atom. The van der Waals surface area contributed by atoms with Crippen molar-refractivity contribution >= 4 is 36.0 Å². The molecule has 2 aromatic carbocycles. The monoisotopic (exact) mass is 456 g/mol. The third-order valence-electron chi connectivity index (χ3n) is 4.25. The summed E-state index contributed by atoms with van der Waals surface area (Å²) in [5.74, 6) is -3.85. The molecule has 0 aliphatic carbocycles. The highest BCUT2D eigenvalue weighted by Crippen LogP contribution is 2.05. The third-order valence-corrected chi connectivity index (χ3v) is 4.25. The lowest BCUT2D eigenvalue weighted by Gasteiger charge is -2.00. The highest BCUT2D eigenvalue weighted by atomic mass is 16.6. The summed E-state index contributed by atoms with van der Waals surface area (Å²) in [6, 6.07) is 18.9. The Hall–Kier alpha value is -4.58. The van der Waals surface area contributed by atoms with Gasteiger partial charge in [0.05, 0.1) is 0 Å². The minimum atomic E-state index is -1.06. The van der Waals surface area contributed by atoms with Gasteiger partial charge in [-0.15, -0.1) is 0 Å². The Balaban J connectivity index is 1.81. The van der Waals surface area contributed by atoms with Gasteiger partial charge in [-0.2, -0.15) is 0 Å². The molecular weight excluding hydrogens is 432 g/mol. The molecule has 0 fully saturated rings. The van der Waals surface area contributed by atoms with E-state index in [1.165, 1.54) is 26.0 Å². The van der Waals surface area contributed by atoms with Crippen LogP contribution in [0.4, 0.5) is 0 Å². The number of hydrogen-bond donors (Lipinski definition) is 0. The third kappa shape index (κ3) is 9.70. The minimum absolute atomic E-state index is 0.191. The fourth-order valence-corrected chi connectivity index (χ4v) is 2.42. The van der Waals surface area contributed by atoms with Gasteiger partial charge in [-0.25, -0.2) is 19.2 Å². The average molecular weight is 456 g/mol. The molecule has 172 valence electrons. The van der Waals surface area contributed by atoms with Gasteiger partial charge < -0.3 is 9.47 Å². The predicted octanol–water partition coefficient (Wildman–Crippen LogP) is 5.00. The Kier molecular flexibility index (Phi) is 10.4. The molecule has 6 heteroatoms. The van der Waals surface area contributed by atoms with Gasteiger partial charge in [0.15, 0.2) is 0 Å². The topological polar surface area (TPSA) is 86.7 Å². The van der Waals surface area contributed by atoms with Crippen molar-refractivity contribution in [3.63, 3.8) is 0 Å². The summed E-state index contributed by atoms with van der Waals surface area (Å²) >= 11 is 0. The highest BCUT2D eigenvalue weighted by molar-refractivity contribution is 6.04. The first-order valence-corrected chi connectivity index (χ1v) is 10.4. The van der Waals surface area contributed by atoms with Crippen LogP contribution in [0.5, 0.6) is 0 Å². The zero-order chi connectivity index (χ0) is 24.8. The number of esters is 4. The SMILES string of the molecule is CC(=CC=Cc1ccccc1)C(=O)OC(=O)/C=C\C(=O)OC(=O)C(C)=CC=Cc1ccccc1. The molecule has 0 atom stereocenters. The molecule has 0 aliphatic rings. The van der Waals surface area contributed by atoms with Crippen LogP contribution in [0.15, 0.2) is 108 Å². The quantitative estimate of drug-likeness (QED) is 0.240. The molecule has 34 heavy (non-hydrogen) atoms. The van der Waals surface area contributed by atoms with Crippen LogP contribution in [0.3, 0.4) is 0 Å². The number of carbonyl (C=O) groups is 4. The smallest absolute Gasteiger partial charge is 0.341 e. The molecule has 0 aliphatic heterocycles. The van der Waals surface area contributed by atoms with Crippen LogP contribution >= 0.6 is 0 Å². The summed E-state index contributed by atoms with van der Waals surface area (Å²) in [5, 5.41) is 0. The first-order chi connectivity index (χ1) is 16.3. The van der Waals surface area contributed by atoms with Crippen LogP contribution < -0.4 is 0 Å². The number of rotatable bonds is 8. The average Bonchev–Trinajstić information content (AvgIpc) is 2.84. The number of hydrogen-bond acceptors (Lipinski definition) is 6. The molecule has 0 bridgehead atoms. The van der Waals surface area contributed by atoms with E-state index in [2.05, 4.69) is 9.47 Å². The summed E-state index contributed by atoms with van der Waals surface area (Å²) in [6.07, 6.45) is 11.3. The van der Waals surface area contributed by atoms with Gasteiger partial charge in [0.25, 0.3) is 0 Å². The maximum atomic E-state index is 11.9. The largest absolute Gasteiger partial charge is 0.386 e. The van der Waals surface area contributed by atoms with Gasteiger partial charge in [0, 0.05) is 23.3 Å². The Labute approximate surface area is 198 Å². The second kappa shape index (κ2) is 13.8. The van der Waals surface area contributed by atoms with E-state index in [0.29, 0.717) is 0 Å². The second-order valence-corrected chi connectivity index (χ2v) is 6.99. The number of benzene rings is 2. The van der Waals surface area contributed by atoms with Crippen molar-refractivity contribution in [2.24, 2.45) is 0 Å². The molecule has 0 aromatic heterocycles. The van der Waals surface area contributed by atoms with Crippen LogP contribution in [-0.4, -0.2) is 23.9 Å². The molecule has 2 rings (SSSR count). The van der Waals surface area contributed by atoms with Crippen molar-refractivity contribution in [3.05, 3.63) is 119 Å². The molecular formula is C28H24O6. The van der Waals surface area contributed by atoms with Gasteiger partial charge in [-0.05, 0) is 25.0 Å². The summed E-state index contributed by atoms with van der Waals surface area (Å²) in [6.45, 7) is 2.98. The molecule has 0 saturated carbocycles. The summed E-state index contributed by atoms with van der Waals surface area (Å²) in [5.41, 5.74) is 2.28. The first-order valence-electron chi connectivity index (χ1n) is 10.4. The van der Waals surface area contributed by atoms with E-state index in [1.54, 1.807) is 24.3 Å². The van der Waals surface area contributed by atoms with Crippen LogP contribution in [0, 0.1) is 0 Å². The Morgan fingerprint density at radius 3 is 1.29 bits per heavy atom. The van der Waals surface area contributed by atoms with Gasteiger partial charge in [-0.3, -0.25) is 0 Å². The summed E-state index contributed by atoms with van der Waals surface area (Å²) < 4.78 is 9.27. The molecule has 0 radical (unpaired) electrons. The van der Waals surface area contributed by atoms with Gasteiger partial charge >= 0.3 is 23.9 Å². The first kappa shape index (κ1) is 25.7. The van der Waals surface area contributed by atoms with Crippen molar-refractivity contribution < 1.29 is 28.7 Å². The molecule has 2 aromatic rings. The van der Waals surface area contributed by atoms with E-state index >= 15 is 0 Å². The maximum Gasteiger partial charge on any atom is 0.341 e. The lowest BCUT2D eigenvalue weighted by atomic mass is 10.2. The highest BCUT2D eigenvalue weighted by Gasteiger charge is 2.12. The lowest BCUT2D eigenvalue weighted by molar-refractivity contribution is -0.156. The van der Waals surface area contributed by atoms with Crippen molar-refractivity contribution in [2.75, 3.05) is 0 Å². The van der Waals surface area contributed by atoms with Crippen molar-refractivity contribution in [1.29, 1.82) is 0 Å². The van der Waals surface area contributed by atoms with E-state index in [9.17, 15) is 19.2 Å². The van der Waals surface area contributed by atoms with Crippen molar-refractivity contribution in [2.45, 2.75) is 13.8 Å². The lowest BCUT2D eigenvalue weighted by Crippen LogP contribution is -2.13. The molecule has 0 N–H and O–H groups in total. The van der Waals surface area contributed by atoms with Gasteiger partial charge in [0.2, 0.25) is 0 Å². The maximum absolute atomic E-state index is 11.9. The van der Waals surface area contributed by atoms with E-state index in [4.69, 9.17) is 0 Å². The Bertz CT molecular complexity index is 1070. The predicted molar refractivity (Wildman–Crippen MR) is 130 cm³/mol.